The van der Waals surface area contributed by atoms with E-state index in [1.807, 2.05) is 13.8 Å². The second-order valence-electron chi connectivity index (χ2n) is 7.68. The highest BCUT2D eigenvalue weighted by Crippen LogP contribution is 2.37. The van der Waals surface area contributed by atoms with Gasteiger partial charge in [0.25, 0.3) is 0 Å². The third-order valence-electron chi connectivity index (χ3n) is 5.92. The van der Waals surface area contributed by atoms with Crippen molar-refractivity contribution in [1.82, 2.24) is 5.32 Å². The van der Waals surface area contributed by atoms with Crippen LogP contribution in [0.5, 0.6) is 11.5 Å². The van der Waals surface area contributed by atoms with Crippen LogP contribution in [-0.2, 0) is 16.0 Å². The molecule has 1 aromatic carbocycles. The summed E-state index contributed by atoms with van der Waals surface area (Å²) in [6, 6.07) is 5.28. The molecule has 1 aliphatic carbocycles. The lowest BCUT2D eigenvalue weighted by Gasteiger charge is -2.39. The van der Waals surface area contributed by atoms with E-state index < -0.39 is 11.6 Å². The first-order valence-electron chi connectivity index (χ1n) is 10.2. The minimum atomic E-state index is -0.574. The molecule has 0 heterocycles. The molecular formula is C22H33NO5. The van der Waals surface area contributed by atoms with E-state index in [-0.39, 0.29) is 18.4 Å². The summed E-state index contributed by atoms with van der Waals surface area (Å²) in [6.07, 6.45) is 5.46. The zero-order valence-electron chi connectivity index (χ0n) is 17.4. The van der Waals surface area contributed by atoms with E-state index in [9.17, 15) is 14.7 Å². The summed E-state index contributed by atoms with van der Waals surface area (Å²) in [6.45, 7) is 5.41. The number of hydrogen-bond acceptors (Lipinski definition) is 5. The Kier molecular flexibility index (Phi) is 7.87. The summed E-state index contributed by atoms with van der Waals surface area (Å²) in [5, 5.41) is 13.8. The van der Waals surface area contributed by atoms with Crippen LogP contribution in [0.1, 0.15) is 64.9 Å². The molecule has 1 amide bonds. The fourth-order valence-electron chi connectivity index (χ4n) is 4.13. The molecule has 0 radical (unpaired) electrons. The van der Waals surface area contributed by atoms with Gasteiger partial charge in [-0.3, -0.25) is 9.59 Å². The number of hydrogen-bond donors (Lipinski definition) is 2. The molecule has 1 aromatic rings. The molecule has 0 atom stereocenters. The van der Waals surface area contributed by atoms with E-state index >= 15 is 0 Å². The molecule has 0 saturated heterocycles. The summed E-state index contributed by atoms with van der Waals surface area (Å²) in [5.74, 6) is 0.634. The highest BCUT2D eigenvalue weighted by molar-refractivity contribution is 5.79. The van der Waals surface area contributed by atoms with Gasteiger partial charge in [-0.25, -0.2) is 0 Å². The van der Waals surface area contributed by atoms with E-state index in [0.717, 1.165) is 44.1 Å². The summed E-state index contributed by atoms with van der Waals surface area (Å²) in [4.78, 5) is 23.6. The number of benzene rings is 1. The first-order chi connectivity index (χ1) is 13.3. The zero-order valence-corrected chi connectivity index (χ0v) is 17.4. The Hall–Kier alpha value is -2.08. The molecule has 2 N–H and O–H groups in total. The molecule has 0 aromatic heterocycles. The van der Waals surface area contributed by atoms with Crippen LogP contribution in [0, 0.1) is 5.92 Å². The molecule has 28 heavy (non-hydrogen) atoms. The summed E-state index contributed by atoms with van der Waals surface area (Å²) in [5.41, 5.74) is 0.222. The third-order valence-corrected chi connectivity index (χ3v) is 5.92. The van der Waals surface area contributed by atoms with Crippen molar-refractivity contribution in [3.8, 4) is 11.5 Å². The fraction of sp³-hybridized carbons (Fsp3) is 0.636. The number of carbonyl (C=O) groups is 2. The molecule has 0 aliphatic heterocycles. The number of ether oxygens (including phenoxy) is 2. The average Bonchev–Trinajstić information content (AvgIpc) is 2.68. The monoisotopic (exact) mass is 391 g/mol. The lowest BCUT2D eigenvalue weighted by molar-refractivity contribution is -0.132. The number of esters is 1. The van der Waals surface area contributed by atoms with Crippen molar-refractivity contribution in [3.05, 3.63) is 23.8 Å². The van der Waals surface area contributed by atoms with Crippen LogP contribution in [0.4, 0.5) is 0 Å². The van der Waals surface area contributed by atoms with Crippen LogP contribution in [0.25, 0.3) is 0 Å². The van der Waals surface area contributed by atoms with Gasteiger partial charge in [0.2, 0.25) is 5.91 Å². The molecule has 0 spiro atoms. The maximum Gasteiger partial charge on any atom is 0.308 e. The van der Waals surface area contributed by atoms with E-state index in [1.54, 1.807) is 18.2 Å². The van der Waals surface area contributed by atoms with Gasteiger partial charge in [-0.15, -0.1) is 0 Å². The average molecular weight is 392 g/mol. The smallest absolute Gasteiger partial charge is 0.308 e. The van der Waals surface area contributed by atoms with E-state index in [0.29, 0.717) is 17.4 Å². The molecule has 1 fully saturated rings. The Bertz CT molecular complexity index is 676. The van der Waals surface area contributed by atoms with E-state index in [4.69, 9.17) is 9.47 Å². The topological polar surface area (TPSA) is 84.9 Å². The highest BCUT2D eigenvalue weighted by Gasteiger charge is 2.36. The lowest BCUT2D eigenvalue weighted by Crippen LogP contribution is -2.44. The predicted molar refractivity (Wildman–Crippen MR) is 107 cm³/mol. The summed E-state index contributed by atoms with van der Waals surface area (Å²) >= 11 is 0. The Labute approximate surface area is 167 Å². The number of methoxy groups -OCH3 is 1. The van der Waals surface area contributed by atoms with Crippen LogP contribution in [0.15, 0.2) is 18.2 Å². The Morgan fingerprint density at radius 3 is 2.32 bits per heavy atom. The van der Waals surface area contributed by atoms with E-state index in [1.165, 1.54) is 14.0 Å². The molecule has 2 rings (SSSR count). The van der Waals surface area contributed by atoms with Gasteiger partial charge in [-0.05, 0) is 62.1 Å². The fourth-order valence-corrected chi connectivity index (χ4v) is 4.13. The molecule has 1 saturated carbocycles. The quantitative estimate of drug-likeness (QED) is 0.524. The third kappa shape index (κ3) is 5.71. The molecule has 0 unspecified atom stereocenters. The van der Waals surface area contributed by atoms with Gasteiger partial charge in [-0.1, -0.05) is 19.9 Å². The van der Waals surface area contributed by atoms with Crippen LogP contribution >= 0.6 is 0 Å². The minimum absolute atomic E-state index is 0.0352. The van der Waals surface area contributed by atoms with Gasteiger partial charge < -0.3 is 19.9 Å². The van der Waals surface area contributed by atoms with Crippen LogP contribution in [0.3, 0.4) is 0 Å². The first kappa shape index (κ1) is 22.2. The zero-order chi connectivity index (χ0) is 20.7. The minimum Gasteiger partial charge on any atom is -0.493 e. The van der Waals surface area contributed by atoms with Crippen molar-refractivity contribution in [2.45, 2.75) is 77.4 Å². The van der Waals surface area contributed by atoms with Crippen LogP contribution in [0.2, 0.25) is 0 Å². The number of nitrogens with one attached hydrogen (secondary N) is 1. The largest absolute Gasteiger partial charge is 0.493 e. The van der Waals surface area contributed by atoms with Crippen molar-refractivity contribution in [1.29, 1.82) is 0 Å². The Morgan fingerprint density at radius 1 is 1.14 bits per heavy atom. The predicted octanol–water partition coefficient (Wildman–Crippen LogP) is 3.39. The van der Waals surface area contributed by atoms with Gasteiger partial charge >= 0.3 is 5.97 Å². The SMILES string of the molecule is CCC(O)(CC)[C@H]1CC[C@@H](NC(=O)Cc2ccc(OC(C)=O)c(OC)c2)CC1. The van der Waals surface area contributed by atoms with Gasteiger partial charge in [-0.2, -0.15) is 0 Å². The van der Waals surface area contributed by atoms with Crippen molar-refractivity contribution >= 4 is 11.9 Å². The lowest BCUT2D eigenvalue weighted by atomic mass is 9.73. The Balaban J connectivity index is 1.89. The number of amides is 1. The Morgan fingerprint density at radius 2 is 1.79 bits per heavy atom. The maximum absolute atomic E-state index is 12.4. The van der Waals surface area contributed by atoms with Gasteiger partial charge in [0, 0.05) is 13.0 Å². The number of aliphatic hydroxyl groups is 1. The van der Waals surface area contributed by atoms with Crippen LogP contribution in [-0.4, -0.2) is 35.7 Å². The van der Waals surface area contributed by atoms with Gasteiger partial charge in [0.1, 0.15) is 0 Å². The van der Waals surface area contributed by atoms with Crippen molar-refractivity contribution in [2.75, 3.05) is 7.11 Å². The second kappa shape index (κ2) is 9.92. The normalized spacial score (nSPS) is 19.8. The van der Waals surface area contributed by atoms with Crippen molar-refractivity contribution in [2.24, 2.45) is 5.92 Å². The standard InChI is InChI=1S/C22H33NO5/c1-5-22(26,6-2)17-8-10-18(11-9-17)23-21(25)14-16-7-12-19(28-15(3)24)20(13-16)27-4/h7,12-13,17-18,26H,5-6,8-11,14H2,1-4H3,(H,23,25)/t17-,18+. The van der Waals surface area contributed by atoms with Gasteiger partial charge in [0.15, 0.2) is 11.5 Å². The molecule has 156 valence electrons. The van der Waals surface area contributed by atoms with Crippen molar-refractivity contribution in [3.63, 3.8) is 0 Å². The number of carbonyl (C=O) groups excluding carboxylic acids is 2. The summed E-state index contributed by atoms with van der Waals surface area (Å²) < 4.78 is 10.3. The molecule has 6 nitrogen and oxygen atoms in total. The summed E-state index contributed by atoms with van der Waals surface area (Å²) in [7, 11) is 1.50. The first-order valence-corrected chi connectivity index (χ1v) is 10.2. The molecule has 1 aliphatic rings. The van der Waals surface area contributed by atoms with E-state index in [2.05, 4.69) is 5.32 Å². The second-order valence-corrected chi connectivity index (χ2v) is 7.68. The van der Waals surface area contributed by atoms with Crippen LogP contribution < -0.4 is 14.8 Å². The molecule has 6 heteroatoms. The molecular weight excluding hydrogens is 358 g/mol. The number of rotatable bonds is 8. The molecule has 0 bridgehead atoms. The van der Waals surface area contributed by atoms with Gasteiger partial charge in [0.05, 0.1) is 19.1 Å². The van der Waals surface area contributed by atoms with Crippen molar-refractivity contribution < 1.29 is 24.2 Å². The maximum atomic E-state index is 12.4. The highest BCUT2D eigenvalue weighted by atomic mass is 16.6.